The van der Waals surface area contributed by atoms with Gasteiger partial charge in [0.2, 0.25) is 0 Å². The van der Waals surface area contributed by atoms with E-state index in [0.717, 1.165) is 16.8 Å². The van der Waals surface area contributed by atoms with E-state index in [1.807, 2.05) is 54.6 Å². The minimum atomic E-state index is -0.298. The molecule has 0 saturated heterocycles. The zero-order chi connectivity index (χ0) is 19.8. The molecule has 0 fully saturated rings. The fourth-order valence-corrected chi connectivity index (χ4v) is 2.82. The van der Waals surface area contributed by atoms with Gasteiger partial charge in [-0.1, -0.05) is 48.5 Å². The van der Waals surface area contributed by atoms with Gasteiger partial charge in [0, 0.05) is 5.69 Å². The second kappa shape index (κ2) is 9.37. The maximum atomic E-state index is 12.4. The van der Waals surface area contributed by atoms with E-state index in [1.165, 1.54) is 7.11 Å². The third-order valence-electron chi connectivity index (χ3n) is 4.23. The predicted molar refractivity (Wildman–Crippen MR) is 108 cm³/mol. The summed E-state index contributed by atoms with van der Waals surface area (Å²) in [5.41, 5.74) is 3.25. The normalized spacial score (nSPS) is 10.2. The SMILES string of the molecule is COc1ccc(OCC(=O)Nc2ccccc2Cc2ccccc2)c(C=O)c1. The molecular formula is C23H21NO4. The number of aldehydes is 1. The van der Waals surface area contributed by atoms with Gasteiger partial charge in [0.15, 0.2) is 12.9 Å². The van der Waals surface area contributed by atoms with E-state index in [4.69, 9.17) is 9.47 Å². The summed E-state index contributed by atoms with van der Waals surface area (Å²) in [5.74, 6) is 0.588. The van der Waals surface area contributed by atoms with Crippen LogP contribution in [0.3, 0.4) is 0 Å². The molecular weight excluding hydrogens is 354 g/mol. The Hall–Kier alpha value is -3.60. The number of para-hydroxylation sites is 1. The first-order valence-electron chi connectivity index (χ1n) is 8.87. The largest absolute Gasteiger partial charge is 0.497 e. The Morgan fingerprint density at radius 3 is 2.50 bits per heavy atom. The van der Waals surface area contributed by atoms with Crippen molar-refractivity contribution >= 4 is 17.9 Å². The molecule has 5 nitrogen and oxygen atoms in total. The number of ether oxygens (including phenoxy) is 2. The van der Waals surface area contributed by atoms with E-state index < -0.39 is 0 Å². The minimum Gasteiger partial charge on any atom is -0.497 e. The monoisotopic (exact) mass is 375 g/mol. The van der Waals surface area contributed by atoms with Gasteiger partial charge in [-0.3, -0.25) is 9.59 Å². The lowest BCUT2D eigenvalue weighted by Crippen LogP contribution is -2.21. The average molecular weight is 375 g/mol. The van der Waals surface area contributed by atoms with Gasteiger partial charge in [-0.05, 0) is 41.8 Å². The maximum Gasteiger partial charge on any atom is 0.262 e. The van der Waals surface area contributed by atoms with Crippen molar-refractivity contribution in [1.29, 1.82) is 0 Å². The van der Waals surface area contributed by atoms with Crippen molar-refractivity contribution in [2.45, 2.75) is 6.42 Å². The van der Waals surface area contributed by atoms with Crippen molar-refractivity contribution in [1.82, 2.24) is 0 Å². The fraction of sp³-hybridized carbons (Fsp3) is 0.130. The first-order chi connectivity index (χ1) is 13.7. The van der Waals surface area contributed by atoms with Crippen LogP contribution in [-0.4, -0.2) is 25.9 Å². The third kappa shape index (κ3) is 4.98. The molecule has 3 rings (SSSR count). The summed E-state index contributed by atoms with van der Waals surface area (Å²) >= 11 is 0. The van der Waals surface area contributed by atoms with Crippen LogP contribution in [0.4, 0.5) is 5.69 Å². The molecule has 0 aliphatic carbocycles. The number of anilines is 1. The molecule has 1 amide bonds. The fourth-order valence-electron chi connectivity index (χ4n) is 2.82. The van der Waals surface area contributed by atoms with E-state index in [0.29, 0.717) is 29.8 Å². The molecule has 3 aromatic rings. The number of rotatable bonds is 8. The lowest BCUT2D eigenvalue weighted by Gasteiger charge is -2.13. The van der Waals surface area contributed by atoms with Gasteiger partial charge in [0.25, 0.3) is 5.91 Å². The number of methoxy groups -OCH3 is 1. The number of amides is 1. The van der Waals surface area contributed by atoms with E-state index >= 15 is 0 Å². The van der Waals surface area contributed by atoms with Gasteiger partial charge in [-0.15, -0.1) is 0 Å². The second-order valence-electron chi connectivity index (χ2n) is 6.18. The molecule has 0 radical (unpaired) electrons. The van der Waals surface area contributed by atoms with Gasteiger partial charge in [0.1, 0.15) is 11.5 Å². The number of nitrogens with one attached hydrogen (secondary N) is 1. The quantitative estimate of drug-likeness (QED) is 0.602. The molecule has 142 valence electrons. The predicted octanol–water partition coefficient (Wildman–Crippen LogP) is 4.12. The molecule has 0 saturated carbocycles. The lowest BCUT2D eigenvalue weighted by molar-refractivity contribution is -0.118. The number of carbonyl (C=O) groups is 2. The Labute approximate surface area is 163 Å². The van der Waals surface area contributed by atoms with Gasteiger partial charge < -0.3 is 14.8 Å². The van der Waals surface area contributed by atoms with Crippen LogP contribution in [-0.2, 0) is 11.2 Å². The van der Waals surface area contributed by atoms with Crippen LogP contribution in [0.15, 0.2) is 72.8 Å². The number of carbonyl (C=O) groups excluding carboxylic acids is 2. The van der Waals surface area contributed by atoms with Crippen molar-refractivity contribution < 1.29 is 19.1 Å². The highest BCUT2D eigenvalue weighted by Crippen LogP contribution is 2.23. The Balaban J connectivity index is 1.65. The molecule has 5 heteroatoms. The van der Waals surface area contributed by atoms with Crippen molar-refractivity contribution in [2.75, 3.05) is 19.0 Å². The second-order valence-corrected chi connectivity index (χ2v) is 6.18. The minimum absolute atomic E-state index is 0.202. The third-order valence-corrected chi connectivity index (χ3v) is 4.23. The topological polar surface area (TPSA) is 64.6 Å². The Morgan fingerprint density at radius 1 is 1.00 bits per heavy atom. The highest BCUT2D eigenvalue weighted by molar-refractivity contribution is 5.93. The van der Waals surface area contributed by atoms with Gasteiger partial charge in [0.05, 0.1) is 12.7 Å². The van der Waals surface area contributed by atoms with Crippen LogP contribution in [0.1, 0.15) is 21.5 Å². The van der Waals surface area contributed by atoms with Crippen molar-refractivity contribution in [3.8, 4) is 11.5 Å². The summed E-state index contributed by atoms with van der Waals surface area (Å²) in [6.07, 6.45) is 1.39. The molecule has 0 bridgehead atoms. The molecule has 1 N–H and O–H groups in total. The summed E-state index contributed by atoms with van der Waals surface area (Å²) in [6, 6.07) is 22.6. The molecule has 0 heterocycles. The summed E-state index contributed by atoms with van der Waals surface area (Å²) in [4.78, 5) is 23.6. The lowest BCUT2D eigenvalue weighted by atomic mass is 10.0. The van der Waals surface area contributed by atoms with Crippen LogP contribution in [0, 0.1) is 0 Å². The molecule has 0 atom stereocenters. The highest BCUT2D eigenvalue weighted by atomic mass is 16.5. The smallest absolute Gasteiger partial charge is 0.262 e. The zero-order valence-electron chi connectivity index (χ0n) is 15.6. The Kier molecular flexibility index (Phi) is 6.41. The molecule has 0 aliphatic heterocycles. The van der Waals surface area contributed by atoms with E-state index in [1.54, 1.807) is 18.2 Å². The van der Waals surface area contributed by atoms with E-state index in [-0.39, 0.29) is 12.5 Å². The van der Waals surface area contributed by atoms with Crippen LogP contribution >= 0.6 is 0 Å². The number of benzene rings is 3. The average Bonchev–Trinajstić information content (AvgIpc) is 2.74. The molecule has 28 heavy (non-hydrogen) atoms. The van der Waals surface area contributed by atoms with E-state index in [2.05, 4.69) is 5.32 Å². The summed E-state index contributed by atoms with van der Waals surface area (Å²) < 4.78 is 10.6. The molecule has 0 aliphatic rings. The molecule has 0 spiro atoms. The summed E-state index contributed by atoms with van der Waals surface area (Å²) in [5, 5.41) is 2.88. The van der Waals surface area contributed by atoms with Crippen molar-refractivity contribution in [3.05, 3.63) is 89.5 Å². The van der Waals surface area contributed by atoms with Crippen molar-refractivity contribution in [2.24, 2.45) is 0 Å². The van der Waals surface area contributed by atoms with Crippen LogP contribution in [0.2, 0.25) is 0 Å². The van der Waals surface area contributed by atoms with Gasteiger partial charge in [-0.25, -0.2) is 0 Å². The maximum absolute atomic E-state index is 12.4. The van der Waals surface area contributed by atoms with Gasteiger partial charge >= 0.3 is 0 Å². The first-order valence-corrected chi connectivity index (χ1v) is 8.87. The van der Waals surface area contributed by atoms with Crippen molar-refractivity contribution in [3.63, 3.8) is 0 Å². The molecule has 0 aromatic heterocycles. The van der Waals surface area contributed by atoms with Crippen LogP contribution in [0.25, 0.3) is 0 Å². The summed E-state index contributed by atoms with van der Waals surface area (Å²) in [7, 11) is 1.52. The molecule has 3 aromatic carbocycles. The number of hydrogen-bond acceptors (Lipinski definition) is 4. The first kappa shape index (κ1) is 19.2. The van der Waals surface area contributed by atoms with Crippen LogP contribution < -0.4 is 14.8 Å². The van der Waals surface area contributed by atoms with Crippen LogP contribution in [0.5, 0.6) is 11.5 Å². The van der Waals surface area contributed by atoms with E-state index in [9.17, 15) is 9.59 Å². The zero-order valence-corrected chi connectivity index (χ0v) is 15.6. The highest BCUT2D eigenvalue weighted by Gasteiger charge is 2.10. The Bertz CT molecular complexity index is 954. The number of hydrogen-bond donors (Lipinski definition) is 1. The standard InChI is InChI=1S/C23H21NO4/c1-27-20-11-12-22(19(14-20)15-25)28-16-23(26)24-21-10-6-5-9-18(21)13-17-7-3-2-4-8-17/h2-12,14-15H,13,16H2,1H3,(H,24,26). The van der Waals surface area contributed by atoms with Gasteiger partial charge in [-0.2, -0.15) is 0 Å². The Morgan fingerprint density at radius 2 is 1.75 bits per heavy atom. The summed E-state index contributed by atoms with van der Waals surface area (Å²) in [6.45, 7) is -0.202. The molecule has 0 unspecified atom stereocenters.